The van der Waals surface area contributed by atoms with Crippen LogP contribution < -0.4 is 5.32 Å². The van der Waals surface area contributed by atoms with E-state index >= 15 is 0 Å². The minimum atomic E-state index is 0.0842. The lowest BCUT2D eigenvalue weighted by atomic mass is 10.3. The van der Waals surface area contributed by atoms with Crippen molar-refractivity contribution in [2.24, 2.45) is 0 Å². The molecule has 4 nitrogen and oxygen atoms in total. The van der Waals surface area contributed by atoms with Crippen LogP contribution in [0.1, 0.15) is 25.7 Å². The van der Waals surface area contributed by atoms with Crippen molar-refractivity contribution in [2.45, 2.75) is 25.7 Å². The van der Waals surface area contributed by atoms with Gasteiger partial charge in [0.2, 0.25) is 5.91 Å². The third kappa shape index (κ3) is 11.8. The van der Waals surface area contributed by atoms with Gasteiger partial charge in [-0.1, -0.05) is 0 Å². The molecule has 0 aliphatic carbocycles. The van der Waals surface area contributed by atoms with Gasteiger partial charge in [-0.05, 0) is 19.3 Å². The van der Waals surface area contributed by atoms with Crippen LogP contribution in [0.3, 0.4) is 0 Å². The van der Waals surface area contributed by atoms with Gasteiger partial charge in [-0.2, -0.15) is 0 Å². The summed E-state index contributed by atoms with van der Waals surface area (Å²) in [5.74, 6) is 0.627. The number of alkyl halides is 1. The Labute approximate surface area is 103 Å². The average molecular weight is 252 g/mol. The van der Waals surface area contributed by atoms with E-state index in [1.54, 1.807) is 7.11 Å². The van der Waals surface area contributed by atoms with Gasteiger partial charge in [0.05, 0.1) is 13.2 Å². The summed E-state index contributed by atoms with van der Waals surface area (Å²) in [6.45, 7) is 2.71. The lowest BCUT2D eigenvalue weighted by molar-refractivity contribution is -0.121. The van der Waals surface area contributed by atoms with Gasteiger partial charge in [0, 0.05) is 32.6 Å². The summed E-state index contributed by atoms with van der Waals surface area (Å²) in [5.41, 5.74) is 0. The smallest absolute Gasteiger partial charge is 0.220 e. The normalized spacial score (nSPS) is 10.4. The molecule has 0 bridgehead atoms. The van der Waals surface area contributed by atoms with Crippen LogP contribution in [0, 0.1) is 0 Å². The number of nitrogens with one attached hydrogen (secondary N) is 1. The van der Waals surface area contributed by atoms with Crippen LogP contribution in [0.2, 0.25) is 0 Å². The molecule has 1 N–H and O–H groups in total. The van der Waals surface area contributed by atoms with E-state index < -0.39 is 0 Å². The maximum atomic E-state index is 11.2. The van der Waals surface area contributed by atoms with Crippen molar-refractivity contribution >= 4 is 17.5 Å². The number of hydrogen-bond acceptors (Lipinski definition) is 3. The molecule has 0 saturated heterocycles. The standard InChI is InChI=1S/C11H22ClNO3/c1-15-9-10-16-8-3-2-7-13-11(14)5-4-6-12/h2-10H2,1H3,(H,13,14). The summed E-state index contributed by atoms with van der Waals surface area (Å²) in [7, 11) is 1.65. The number of hydrogen-bond donors (Lipinski definition) is 1. The van der Waals surface area contributed by atoms with Crippen LogP contribution in [0.4, 0.5) is 0 Å². The first-order chi connectivity index (χ1) is 7.81. The highest BCUT2D eigenvalue weighted by Gasteiger charge is 1.98. The predicted molar refractivity (Wildman–Crippen MR) is 64.9 cm³/mol. The third-order valence-corrected chi connectivity index (χ3v) is 2.27. The highest BCUT2D eigenvalue weighted by Crippen LogP contribution is 1.93. The molecule has 0 aliphatic heterocycles. The molecule has 0 spiro atoms. The number of carbonyl (C=O) groups excluding carboxylic acids is 1. The number of rotatable bonds is 11. The molecule has 0 heterocycles. The zero-order valence-corrected chi connectivity index (χ0v) is 10.7. The van der Waals surface area contributed by atoms with E-state index in [1.165, 1.54) is 0 Å². The molecular weight excluding hydrogens is 230 g/mol. The lowest BCUT2D eigenvalue weighted by Gasteiger charge is -2.05. The van der Waals surface area contributed by atoms with Crippen molar-refractivity contribution in [1.29, 1.82) is 0 Å². The first-order valence-electron chi connectivity index (χ1n) is 5.70. The summed E-state index contributed by atoms with van der Waals surface area (Å²) >= 11 is 5.48. The lowest BCUT2D eigenvalue weighted by Crippen LogP contribution is -2.24. The Morgan fingerprint density at radius 1 is 1.19 bits per heavy atom. The molecule has 96 valence electrons. The van der Waals surface area contributed by atoms with Gasteiger partial charge < -0.3 is 14.8 Å². The fourth-order valence-corrected chi connectivity index (χ4v) is 1.25. The Hall–Kier alpha value is -0.320. The fraction of sp³-hybridized carbons (Fsp3) is 0.909. The van der Waals surface area contributed by atoms with Crippen LogP contribution in [0.15, 0.2) is 0 Å². The van der Waals surface area contributed by atoms with Gasteiger partial charge in [0.15, 0.2) is 0 Å². The van der Waals surface area contributed by atoms with Crippen LogP contribution in [-0.2, 0) is 14.3 Å². The van der Waals surface area contributed by atoms with Crippen LogP contribution in [0.25, 0.3) is 0 Å². The molecule has 5 heteroatoms. The van der Waals surface area contributed by atoms with Crippen molar-refractivity contribution in [1.82, 2.24) is 5.32 Å². The first-order valence-corrected chi connectivity index (χ1v) is 6.24. The maximum Gasteiger partial charge on any atom is 0.220 e. The van der Waals surface area contributed by atoms with Gasteiger partial charge in [-0.15, -0.1) is 11.6 Å². The molecular formula is C11H22ClNO3. The Kier molecular flexibility index (Phi) is 12.5. The number of methoxy groups -OCH3 is 1. The van der Waals surface area contributed by atoms with Gasteiger partial charge in [0.25, 0.3) is 0 Å². The molecule has 0 aliphatic rings. The monoisotopic (exact) mass is 251 g/mol. The van der Waals surface area contributed by atoms with E-state index in [0.717, 1.165) is 32.4 Å². The molecule has 0 fully saturated rings. The van der Waals surface area contributed by atoms with Gasteiger partial charge in [-0.25, -0.2) is 0 Å². The zero-order chi connectivity index (χ0) is 12.1. The topological polar surface area (TPSA) is 47.6 Å². The van der Waals surface area contributed by atoms with Crippen molar-refractivity contribution in [2.75, 3.05) is 39.4 Å². The molecule has 0 aromatic heterocycles. The van der Waals surface area contributed by atoms with Crippen molar-refractivity contribution < 1.29 is 14.3 Å². The van der Waals surface area contributed by atoms with E-state index in [9.17, 15) is 4.79 Å². The van der Waals surface area contributed by atoms with E-state index in [-0.39, 0.29) is 5.91 Å². The van der Waals surface area contributed by atoms with Gasteiger partial charge in [-0.3, -0.25) is 4.79 Å². The van der Waals surface area contributed by atoms with Crippen molar-refractivity contribution in [3.63, 3.8) is 0 Å². The Morgan fingerprint density at radius 2 is 2.00 bits per heavy atom. The molecule has 0 aromatic carbocycles. The Bertz CT molecular complexity index is 167. The van der Waals surface area contributed by atoms with E-state index in [1.807, 2.05) is 0 Å². The number of ether oxygens (including phenoxy) is 2. The summed E-state index contributed by atoms with van der Waals surface area (Å²) in [6, 6.07) is 0. The second-order valence-corrected chi connectivity index (χ2v) is 3.83. The fourth-order valence-electron chi connectivity index (χ4n) is 1.12. The molecule has 16 heavy (non-hydrogen) atoms. The number of halogens is 1. The minimum absolute atomic E-state index is 0.0842. The molecule has 0 rings (SSSR count). The highest BCUT2D eigenvalue weighted by atomic mass is 35.5. The van der Waals surface area contributed by atoms with Crippen molar-refractivity contribution in [3.8, 4) is 0 Å². The maximum absolute atomic E-state index is 11.2. The van der Waals surface area contributed by atoms with Crippen LogP contribution in [0.5, 0.6) is 0 Å². The summed E-state index contributed by atoms with van der Waals surface area (Å²) in [4.78, 5) is 11.2. The van der Waals surface area contributed by atoms with E-state index in [0.29, 0.717) is 25.5 Å². The third-order valence-electron chi connectivity index (χ3n) is 2.01. The number of unbranched alkanes of at least 4 members (excludes halogenated alkanes) is 1. The van der Waals surface area contributed by atoms with Crippen LogP contribution >= 0.6 is 11.6 Å². The number of carbonyl (C=O) groups is 1. The SMILES string of the molecule is COCCOCCCCNC(=O)CCCCl. The molecule has 0 atom stereocenters. The molecule has 0 radical (unpaired) electrons. The number of amides is 1. The highest BCUT2D eigenvalue weighted by molar-refractivity contribution is 6.17. The predicted octanol–water partition coefficient (Wildman–Crippen LogP) is 1.56. The quantitative estimate of drug-likeness (QED) is 0.448. The van der Waals surface area contributed by atoms with E-state index in [2.05, 4.69) is 5.32 Å². The molecule has 1 amide bonds. The molecule has 0 unspecified atom stereocenters. The Balaban J connectivity index is 3.05. The van der Waals surface area contributed by atoms with E-state index in [4.69, 9.17) is 21.1 Å². The van der Waals surface area contributed by atoms with Crippen molar-refractivity contribution in [3.05, 3.63) is 0 Å². The molecule has 0 saturated carbocycles. The first kappa shape index (κ1) is 15.7. The Morgan fingerprint density at radius 3 is 2.69 bits per heavy atom. The second-order valence-electron chi connectivity index (χ2n) is 3.45. The summed E-state index contributed by atoms with van der Waals surface area (Å²) in [6.07, 6.45) is 3.17. The zero-order valence-electron chi connectivity index (χ0n) is 9.97. The second kappa shape index (κ2) is 12.7. The summed E-state index contributed by atoms with van der Waals surface area (Å²) < 4.78 is 10.1. The van der Waals surface area contributed by atoms with Gasteiger partial charge >= 0.3 is 0 Å². The average Bonchev–Trinajstić information content (AvgIpc) is 2.30. The largest absolute Gasteiger partial charge is 0.382 e. The summed E-state index contributed by atoms with van der Waals surface area (Å²) in [5, 5.41) is 2.84. The molecule has 0 aromatic rings. The van der Waals surface area contributed by atoms with Gasteiger partial charge in [0.1, 0.15) is 0 Å². The van der Waals surface area contributed by atoms with Crippen LogP contribution in [-0.4, -0.2) is 45.3 Å². The minimum Gasteiger partial charge on any atom is -0.382 e.